The number of carbonyl (C=O) groups excluding carboxylic acids is 1. The summed E-state index contributed by atoms with van der Waals surface area (Å²) in [5.41, 5.74) is 6.84. The van der Waals surface area contributed by atoms with Gasteiger partial charge in [0.2, 0.25) is 0 Å². The number of benzene rings is 2. The lowest BCUT2D eigenvalue weighted by Gasteiger charge is -2.36. The summed E-state index contributed by atoms with van der Waals surface area (Å²) in [7, 11) is 0. The van der Waals surface area contributed by atoms with Crippen LogP contribution in [0.15, 0.2) is 60.9 Å². The SMILES string of the molecule is CC(C)(C)OC(=O)CC1(O)CCC(n2nc(-c3ccc(Oc4ccccc4)cc3)c3c(N)ncnc32)CC1. The molecule has 1 fully saturated rings. The third-order valence-electron chi connectivity index (χ3n) is 6.75. The molecule has 2 aromatic carbocycles. The Morgan fingerprint density at radius 1 is 1.05 bits per heavy atom. The molecule has 198 valence electrons. The summed E-state index contributed by atoms with van der Waals surface area (Å²) >= 11 is 0. The molecule has 0 unspecified atom stereocenters. The molecule has 0 saturated heterocycles. The first-order valence-corrected chi connectivity index (χ1v) is 12.9. The van der Waals surface area contributed by atoms with Crippen molar-refractivity contribution in [3.05, 3.63) is 60.9 Å². The number of nitrogens with two attached hydrogens (primary N) is 1. The number of aromatic nitrogens is 4. The van der Waals surface area contributed by atoms with Crippen molar-refractivity contribution in [2.75, 3.05) is 5.73 Å². The minimum absolute atomic E-state index is 0.000138. The second-order valence-electron chi connectivity index (χ2n) is 10.9. The topological polar surface area (TPSA) is 125 Å². The van der Waals surface area contributed by atoms with Gasteiger partial charge in [-0.15, -0.1) is 0 Å². The summed E-state index contributed by atoms with van der Waals surface area (Å²) in [6.07, 6.45) is 3.62. The monoisotopic (exact) mass is 515 g/mol. The molecule has 0 bridgehead atoms. The van der Waals surface area contributed by atoms with Crippen molar-refractivity contribution < 1.29 is 19.4 Å². The van der Waals surface area contributed by atoms with Crippen LogP contribution in [0.5, 0.6) is 11.5 Å². The quantitative estimate of drug-likeness (QED) is 0.325. The number of ether oxygens (including phenoxy) is 2. The van der Waals surface area contributed by atoms with Gasteiger partial charge in [-0.1, -0.05) is 18.2 Å². The van der Waals surface area contributed by atoms with Crippen LogP contribution in [0.25, 0.3) is 22.3 Å². The van der Waals surface area contributed by atoms with E-state index < -0.39 is 11.2 Å². The van der Waals surface area contributed by atoms with Crippen LogP contribution in [0.2, 0.25) is 0 Å². The molecular weight excluding hydrogens is 482 g/mol. The number of anilines is 1. The Morgan fingerprint density at radius 2 is 1.71 bits per heavy atom. The lowest BCUT2D eigenvalue weighted by atomic mass is 9.80. The number of nitrogen functional groups attached to an aromatic ring is 1. The van der Waals surface area contributed by atoms with E-state index in [1.807, 2.05) is 80.1 Å². The van der Waals surface area contributed by atoms with E-state index >= 15 is 0 Å². The smallest absolute Gasteiger partial charge is 0.309 e. The van der Waals surface area contributed by atoms with Gasteiger partial charge in [0.15, 0.2) is 5.65 Å². The van der Waals surface area contributed by atoms with Gasteiger partial charge in [-0.05, 0) is 82.9 Å². The maximum atomic E-state index is 12.3. The largest absolute Gasteiger partial charge is 0.460 e. The van der Waals surface area contributed by atoms with Gasteiger partial charge in [-0.25, -0.2) is 14.6 Å². The normalized spacial score (nSPS) is 19.8. The van der Waals surface area contributed by atoms with Gasteiger partial charge < -0.3 is 20.3 Å². The Bertz CT molecular complexity index is 1420. The van der Waals surface area contributed by atoms with Gasteiger partial charge in [0.05, 0.1) is 23.4 Å². The first-order valence-electron chi connectivity index (χ1n) is 12.9. The highest BCUT2D eigenvalue weighted by Crippen LogP contribution is 2.40. The van der Waals surface area contributed by atoms with Crippen LogP contribution in [0.3, 0.4) is 0 Å². The molecule has 0 spiro atoms. The van der Waals surface area contributed by atoms with E-state index in [0.717, 1.165) is 11.3 Å². The maximum absolute atomic E-state index is 12.3. The number of rotatable bonds is 6. The summed E-state index contributed by atoms with van der Waals surface area (Å²) in [6, 6.07) is 17.3. The van der Waals surface area contributed by atoms with Gasteiger partial charge in [0.25, 0.3) is 0 Å². The molecule has 38 heavy (non-hydrogen) atoms. The highest BCUT2D eigenvalue weighted by molar-refractivity contribution is 5.98. The molecule has 0 amide bonds. The van der Waals surface area contributed by atoms with Crippen LogP contribution in [0.1, 0.15) is 58.9 Å². The molecule has 1 aliphatic carbocycles. The number of hydrogen-bond acceptors (Lipinski definition) is 8. The zero-order valence-electron chi connectivity index (χ0n) is 21.9. The summed E-state index contributed by atoms with van der Waals surface area (Å²) in [5, 5.41) is 16.7. The molecule has 9 heteroatoms. The standard InChI is InChI=1S/C29H33N5O4/c1-28(2,3)38-23(35)17-29(36)15-13-20(14-16-29)34-27-24(26(30)31-18-32-27)25(33-34)19-9-11-22(12-10-19)37-21-7-5-4-6-8-21/h4-12,18,20,36H,13-17H2,1-3H3,(H2,30,31,32). The van der Waals surface area contributed by atoms with Crippen molar-refractivity contribution in [2.45, 2.75) is 70.1 Å². The van der Waals surface area contributed by atoms with Gasteiger partial charge in [0.1, 0.15) is 34.9 Å². The average molecular weight is 516 g/mol. The van der Waals surface area contributed by atoms with Crippen LogP contribution in [-0.2, 0) is 9.53 Å². The highest BCUT2D eigenvalue weighted by Gasteiger charge is 2.38. The summed E-state index contributed by atoms with van der Waals surface area (Å²) in [4.78, 5) is 21.1. The van der Waals surface area contributed by atoms with E-state index in [1.165, 1.54) is 6.33 Å². The van der Waals surface area contributed by atoms with Crippen LogP contribution < -0.4 is 10.5 Å². The molecule has 1 saturated carbocycles. The fourth-order valence-corrected chi connectivity index (χ4v) is 4.97. The lowest BCUT2D eigenvalue weighted by Crippen LogP contribution is -2.39. The molecule has 0 radical (unpaired) electrons. The van der Waals surface area contributed by atoms with Gasteiger partial charge in [-0.2, -0.15) is 5.10 Å². The zero-order valence-corrected chi connectivity index (χ0v) is 21.9. The number of carbonyl (C=O) groups is 1. The second kappa shape index (κ2) is 10.1. The van der Waals surface area contributed by atoms with Crippen LogP contribution >= 0.6 is 0 Å². The van der Waals surface area contributed by atoms with E-state index in [9.17, 15) is 9.90 Å². The Balaban J connectivity index is 1.37. The van der Waals surface area contributed by atoms with E-state index in [4.69, 9.17) is 20.3 Å². The predicted octanol–water partition coefficient (Wildman–Crippen LogP) is 5.45. The van der Waals surface area contributed by atoms with E-state index in [1.54, 1.807) is 0 Å². The van der Waals surface area contributed by atoms with Crippen LogP contribution in [0.4, 0.5) is 5.82 Å². The number of aliphatic hydroxyl groups is 1. The highest BCUT2D eigenvalue weighted by atomic mass is 16.6. The number of fused-ring (bicyclic) bond motifs is 1. The zero-order chi connectivity index (χ0) is 26.9. The fourth-order valence-electron chi connectivity index (χ4n) is 4.97. The van der Waals surface area contributed by atoms with Crippen LogP contribution in [-0.4, -0.2) is 42.0 Å². The van der Waals surface area contributed by atoms with Crippen molar-refractivity contribution in [1.82, 2.24) is 19.7 Å². The third kappa shape index (κ3) is 5.62. The van der Waals surface area contributed by atoms with E-state index in [2.05, 4.69) is 9.97 Å². The Hall–Kier alpha value is -3.98. The molecule has 1 aliphatic rings. The summed E-state index contributed by atoms with van der Waals surface area (Å²) < 4.78 is 13.2. The average Bonchev–Trinajstić information content (AvgIpc) is 3.25. The summed E-state index contributed by atoms with van der Waals surface area (Å²) in [6.45, 7) is 5.47. The van der Waals surface area contributed by atoms with Crippen molar-refractivity contribution in [3.8, 4) is 22.8 Å². The molecule has 5 rings (SSSR count). The predicted molar refractivity (Wildman–Crippen MR) is 145 cm³/mol. The minimum Gasteiger partial charge on any atom is -0.460 e. The van der Waals surface area contributed by atoms with Gasteiger partial charge in [-0.3, -0.25) is 4.79 Å². The number of para-hydroxylation sites is 1. The van der Waals surface area contributed by atoms with Crippen molar-refractivity contribution in [1.29, 1.82) is 0 Å². The maximum Gasteiger partial charge on any atom is 0.309 e. The van der Waals surface area contributed by atoms with E-state index in [-0.39, 0.29) is 18.4 Å². The second-order valence-corrected chi connectivity index (χ2v) is 10.9. The third-order valence-corrected chi connectivity index (χ3v) is 6.75. The Morgan fingerprint density at radius 3 is 2.37 bits per heavy atom. The lowest BCUT2D eigenvalue weighted by molar-refractivity contribution is -0.161. The van der Waals surface area contributed by atoms with Crippen molar-refractivity contribution >= 4 is 22.8 Å². The van der Waals surface area contributed by atoms with Crippen LogP contribution in [0, 0.1) is 0 Å². The Kier molecular flexibility index (Phi) is 6.79. The number of hydrogen-bond donors (Lipinski definition) is 2. The number of esters is 1. The molecule has 2 heterocycles. The molecule has 9 nitrogen and oxygen atoms in total. The molecule has 3 N–H and O–H groups in total. The summed E-state index contributed by atoms with van der Waals surface area (Å²) in [5.74, 6) is 1.45. The molecule has 0 atom stereocenters. The van der Waals surface area contributed by atoms with E-state index in [0.29, 0.717) is 54.0 Å². The molecular formula is C29H33N5O4. The molecule has 4 aromatic rings. The Labute approximate surface area is 221 Å². The van der Waals surface area contributed by atoms with Crippen molar-refractivity contribution in [2.24, 2.45) is 0 Å². The number of nitrogens with zero attached hydrogens (tertiary/aromatic N) is 4. The van der Waals surface area contributed by atoms with Crippen molar-refractivity contribution in [3.63, 3.8) is 0 Å². The van der Waals surface area contributed by atoms with Gasteiger partial charge >= 0.3 is 5.97 Å². The minimum atomic E-state index is -1.09. The fraction of sp³-hybridized carbons (Fsp3) is 0.379. The van der Waals surface area contributed by atoms with Gasteiger partial charge in [0, 0.05) is 5.56 Å². The molecule has 0 aliphatic heterocycles. The first kappa shape index (κ1) is 25.7. The first-order chi connectivity index (χ1) is 18.1. The molecule has 2 aromatic heterocycles.